The Hall–Kier alpha value is -1.49. The standard InChI is InChI=1S/C10H6ClF3N2.C6H12.2C2H6/c11-5-1-2-8-6(3-5)7(15)4-9(16-8)10(12,13)14;1-2-4-6-5-3-1;2*1-2/h1-4H,(H2,15,16);1-6H2;2*1-2H3. The monoisotopic (exact) mass is 390 g/mol. The summed E-state index contributed by atoms with van der Waals surface area (Å²) in [5.74, 6) is 0. The quantitative estimate of drug-likeness (QED) is 0.496. The van der Waals surface area contributed by atoms with Gasteiger partial charge in [0, 0.05) is 16.1 Å². The first kappa shape index (κ1) is 24.5. The highest BCUT2D eigenvalue weighted by Crippen LogP contribution is 2.32. The Morgan fingerprint density at radius 2 is 1.35 bits per heavy atom. The summed E-state index contributed by atoms with van der Waals surface area (Å²) in [4.78, 5) is 3.48. The predicted molar refractivity (Wildman–Crippen MR) is 107 cm³/mol. The van der Waals surface area contributed by atoms with E-state index in [-0.39, 0.29) is 11.2 Å². The number of nitrogen functional groups attached to an aromatic ring is 1. The molecule has 0 aliphatic heterocycles. The van der Waals surface area contributed by atoms with Gasteiger partial charge in [0.15, 0.2) is 0 Å². The molecule has 1 heterocycles. The average Bonchev–Trinajstić information content (AvgIpc) is 2.66. The van der Waals surface area contributed by atoms with Crippen molar-refractivity contribution in [1.29, 1.82) is 0 Å². The van der Waals surface area contributed by atoms with E-state index < -0.39 is 11.9 Å². The number of anilines is 1. The van der Waals surface area contributed by atoms with Crippen LogP contribution in [-0.2, 0) is 6.18 Å². The molecule has 1 aliphatic carbocycles. The Kier molecular flexibility index (Phi) is 12.1. The van der Waals surface area contributed by atoms with Crippen molar-refractivity contribution >= 4 is 28.2 Å². The third kappa shape index (κ3) is 8.26. The van der Waals surface area contributed by atoms with Crippen LogP contribution in [0.15, 0.2) is 24.3 Å². The summed E-state index contributed by atoms with van der Waals surface area (Å²) in [6, 6.07) is 5.16. The number of nitrogens with two attached hydrogens (primary N) is 1. The normalized spacial score (nSPS) is 13.4. The Bertz CT molecular complexity index is 627. The molecular weight excluding hydrogens is 361 g/mol. The van der Waals surface area contributed by atoms with Gasteiger partial charge in [-0.2, -0.15) is 13.2 Å². The van der Waals surface area contributed by atoms with Crippen LogP contribution in [0.1, 0.15) is 71.9 Å². The number of alkyl halides is 3. The lowest BCUT2D eigenvalue weighted by Crippen LogP contribution is -2.09. The van der Waals surface area contributed by atoms with E-state index in [9.17, 15) is 13.2 Å². The molecule has 2 nitrogen and oxygen atoms in total. The molecule has 3 rings (SSSR count). The van der Waals surface area contributed by atoms with Crippen molar-refractivity contribution in [3.05, 3.63) is 35.0 Å². The zero-order valence-electron chi connectivity index (χ0n) is 16.1. The molecule has 0 bridgehead atoms. The number of benzene rings is 1. The maximum Gasteiger partial charge on any atom is 0.433 e. The third-order valence-electron chi connectivity index (χ3n) is 3.59. The zero-order valence-corrected chi connectivity index (χ0v) is 16.8. The van der Waals surface area contributed by atoms with Gasteiger partial charge in [0.1, 0.15) is 5.69 Å². The molecule has 1 fully saturated rings. The number of hydrogen-bond acceptors (Lipinski definition) is 2. The number of fused-ring (bicyclic) bond motifs is 1. The second-order valence-electron chi connectivity index (χ2n) is 5.38. The third-order valence-corrected chi connectivity index (χ3v) is 3.83. The summed E-state index contributed by atoms with van der Waals surface area (Å²) in [6.07, 6.45) is 4.50. The summed E-state index contributed by atoms with van der Waals surface area (Å²) >= 11 is 5.71. The average molecular weight is 391 g/mol. The van der Waals surface area contributed by atoms with Crippen LogP contribution in [0.25, 0.3) is 10.9 Å². The molecule has 6 heteroatoms. The van der Waals surface area contributed by atoms with Gasteiger partial charge >= 0.3 is 6.18 Å². The summed E-state index contributed by atoms with van der Waals surface area (Å²) in [5.41, 5.74) is 4.72. The fourth-order valence-corrected chi connectivity index (χ4v) is 2.60. The van der Waals surface area contributed by atoms with Crippen molar-refractivity contribution in [2.24, 2.45) is 0 Å². The first-order valence-electron chi connectivity index (χ1n) is 9.31. The Morgan fingerprint density at radius 1 is 0.885 bits per heavy atom. The Balaban J connectivity index is 0.000000521. The van der Waals surface area contributed by atoms with Crippen LogP contribution in [0.2, 0.25) is 5.02 Å². The number of hydrogen-bond donors (Lipinski definition) is 1. The van der Waals surface area contributed by atoms with Crippen LogP contribution >= 0.6 is 11.6 Å². The molecule has 2 aromatic rings. The maximum absolute atomic E-state index is 12.4. The second-order valence-corrected chi connectivity index (χ2v) is 5.81. The summed E-state index contributed by atoms with van der Waals surface area (Å²) in [5, 5.41) is 0.821. The van der Waals surface area contributed by atoms with E-state index in [2.05, 4.69) is 4.98 Å². The lowest BCUT2D eigenvalue weighted by molar-refractivity contribution is -0.140. The van der Waals surface area contributed by atoms with Crippen molar-refractivity contribution in [3.8, 4) is 0 Å². The molecule has 26 heavy (non-hydrogen) atoms. The second kappa shape index (κ2) is 12.8. The smallest absolute Gasteiger partial charge is 0.398 e. The highest BCUT2D eigenvalue weighted by molar-refractivity contribution is 6.31. The highest BCUT2D eigenvalue weighted by atomic mass is 35.5. The summed E-state index contributed by atoms with van der Waals surface area (Å²) in [7, 11) is 0. The lowest BCUT2D eigenvalue weighted by Gasteiger charge is -2.09. The Morgan fingerprint density at radius 3 is 1.77 bits per heavy atom. The number of nitrogens with zero attached hydrogens (tertiary/aromatic N) is 1. The van der Waals surface area contributed by atoms with Crippen molar-refractivity contribution in [3.63, 3.8) is 0 Å². The minimum Gasteiger partial charge on any atom is -0.398 e. The number of halogens is 4. The van der Waals surface area contributed by atoms with Crippen LogP contribution < -0.4 is 5.73 Å². The fraction of sp³-hybridized carbons (Fsp3) is 0.550. The van der Waals surface area contributed by atoms with E-state index in [1.807, 2.05) is 27.7 Å². The van der Waals surface area contributed by atoms with E-state index in [0.717, 1.165) is 6.07 Å². The minimum absolute atomic E-state index is 0.0137. The number of aromatic nitrogens is 1. The van der Waals surface area contributed by atoms with Gasteiger partial charge in [-0.3, -0.25) is 0 Å². The van der Waals surface area contributed by atoms with Crippen molar-refractivity contribution < 1.29 is 13.2 Å². The molecule has 1 aromatic carbocycles. The Labute approximate surface area is 159 Å². The van der Waals surface area contributed by atoms with E-state index in [4.69, 9.17) is 17.3 Å². The van der Waals surface area contributed by atoms with Crippen LogP contribution in [-0.4, -0.2) is 4.98 Å². The SMILES string of the molecule is C1CCCCC1.CC.CC.Nc1cc(C(F)(F)F)nc2ccc(Cl)cc12. The molecule has 1 saturated carbocycles. The molecule has 1 aliphatic rings. The molecule has 0 radical (unpaired) electrons. The molecule has 0 atom stereocenters. The van der Waals surface area contributed by atoms with Gasteiger partial charge in [0.25, 0.3) is 0 Å². The lowest BCUT2D eigenvalue weighted by atomic mass is 10.0. The molecular formula is C20H30ClF3N2. The first-order chi connectivity index (χ1) is 12.4. The van der Waals surface area contributed by atoms with E-state index in [1.54, 1.807) is 0 Å². The van der Waals surface area contributed by atoms with Crippen molar-refractivity contribution in [2.75, 3.05) is 5.73 Å². The molecule has 0 unspecified atom stereocenters. The fourth-order valence-electron chi connectivity index (χ4n) is 2.43. The molecule has 0 amide bonds. The number of pyridine rings is 1. The largest absolute Gasteiger partial charge is 0.433 e. The first-order valence-corrected chi connectivity index (χ1v) is 9.69. The van der Waals surface area contributed by atoms with E-state index >= 15 is 0 Å². The van der Waals surface area contributed by atoms with Gasteiger partial charge in [-0.25, -0.2) is 4.98 Å². The van der Waals surface area contributed by atoms with Crippen LogP contribution in [0, 0.1) is 0 Å². The van der Waals surface area contributed by atoms with Gasteiger partial charge < -0.3 is 5.73 Å². The van der Waals surface area contributed by atoms with Crippen LogP contribution in [0.5, 0.6) is 0 Å². The minimum atomic E-state index is -4.50. The van der Waals surface area contributed by atoms with Crippen molar-refractivity contribution in [2.45, 2.75) is 72.4 Å². The molecule has 0 saturated heterocycles. The number of rotatable bonds is 0. The summed E-state index contributed by atoms with van der Waals surface area (Å²) < 4.78 is 37.3. The topological polar surface area (TPSA) is 38.9 Å². The molecule has 2 N–H and O–H groups in total. The van der Waals surface area contributed by atoms with Gasteiger partial charge in [-0.15, -0.1) is 0 Å². The highest BCUT2D eigenvalue weighted by Gasteiger charge is 2.33. The molecule has 1 aromatic heterocycles. The molecule has 148 valence electrons. The van der Waals surface area contributed by atoms with E-state index in [1.165, 1.54) is 56.7 Å². The maximum atomic E-state index is 12.4. The predicted octanol–water partition coefficient (Wildman–Crippen LogP) is 7.88. The van der Waals surface area contributed by atoms with Gasteiger partial charge in [-0.1, -0.05) is 77.8 Å². The summed E-state index contributed by atoms with van der Waals surface area (Å²) in [6.45, 7) is 8.00. The van der Waals surface area contributed by atoms with Crippen molar-refractivity contribution in [1.82, 2.24) is 4.98 Å². The van der Waals surface area contributed by atoms with E-state index in [0.29, 0.717) is 10.4 Å². The van der Waals surface area contributed by atoms with Gasteiger partial charge in [-0.05, 0) is 24.3 Å². The molecule has 0 spiro atoms. The van der Waals surface area contributed by atoms with Gasteiger partial charge in [0.2, 0.25) is 0 Å². The van der Waals surface area contributed by atoms with Gasteiger partial charge in [0.05, 0.1) is 5.52 Å². The van der Waals surface area contributed by atoms with Crippen LogP contribution in [0.4, 0.5) is 18.9 Å². The zero-order chi connectivity index (χ0) is 20.2. The van der Waals surface area contributed by atoms with Crippen LogP contribution in [0.3, 0.4) is 0 Å².